The molecule has 0 amide bonds. The van der Waals surface area contributed by atoms with Gasteiger partial charge in [-0.1, -0.05) is 35.9 Å². The summed E-state index contributed by atoms with van der Waals surface area (Å²) < 4.78 is 5.21. The molecule has 200 valence electrons. The molecule has 0 atom stereocenters. The van der Waals surface area contributed by atoms with Crippen LogP contribution in [-0.2, 0) is 20.1 Å². The van der Waals surface area contributed by atoms with E-state index >= 15 is 0 Å². The number of rotatable bonds is 6. The van der Waals surface area contributed by atoms with Gasteiger partial charge in [0.1, 0.15) is 17.5 Å². The zero-order valence-corrected chi connectivity index (χ0v) is 22.7. The first-order chi connectivity index (χ1) is 18.8. The second kappa shape index (κ2) is 10.1. The van der Waals surface area contributed by atoms with E-state index in [-0.39, 0.29) is 12.1 Å². The minimum Gasteiger partial charge on any atom is -0.388 e. The minimum absolute atomic E-state index is 0.202. The minimum atomic E-state index is -0.969. The van der Waals surface area contributed by atoms with E-state index < -0.39 is 5.60 Å². The number of imidazole rings is 1. The van der Waals surface area contributed by atoms with Crippen molar-refractivity contribution in [2.24, 2.45) is 7.05 Å². The molecule has 1 aliphatic heterocycles. The van der Waals surface area contributed by atoms with E-state index in [0.717, 1.165) is 42.4 Å². The fraction of sp³-hybridized carbons (Fsp3) is 0.310. The number of benzene rings is 2. The molecule has 39 heavy (non-hydrogen) atoms. The summed E-state index contributed by atoms with van der Waals surface area (Å²) >= 11 is 6.00. The maximum absolute atomic E-state index is 13.2. The van der Waals surface area contributed by atoms with Gasteiger partial charge in [-0.3, -0.25) is 14.3 Å². The molecule has 6 rings (SSSR count). The van der Waals surface area contributed by atoms with Crippen LogP contribution in [-0.4, -0.2) is 57.6 Å². The lowest BCUT2D eigenvalue weighted by Gasteiger charge is -2.38. The number of likely N-dealkylation sites (tertiary alicyclic amines) is 1. The number of nitrogens with zero attached hydrogens (tertiary/aromatic N) is 7. The summed E-state index contributed by atoms with van der Waals surface area (Å²) in [6.45, 7) is 4.51. The SMILES string of the molecule is Cc1ncc(-c2ccc(CN3CCC(O)(Cn4cnc5c(cnn5-c5ccc(Cl)cc5)c4=O)CC3)cc2)n1C. The molecule has 1 aliphatic rings. The van der Waals surface area contributed by atoms with Crippen molar-refractivity contribution in [3.05, 3.63) is 94.0 Å². The molecule has 0 unspecified atom stereocenters. The van der Waals surface area contributed by atoms with Gasteiger partial charge in [0.2, 0.25) is 0 Å². The van der Waals surface area contributed by atoms with Crippen LogP contribution in [0.5, 0.6) is 0 Å². The molecule has 1 saturated heterocycles. The third kappa shape index (κ3) is 5.01. The standard InChI is InChI=1S/C29H30ClN7O2/c1-20-31-16-26(34(20)2)22-5-3-21(4-6-22)17-35-13-11-29(39,12-14-35)18-36-19-32-27-25(28(36)38)15-33-37(27)24-9-7-23(30)8-10-24/h3-10,15-16,19,39H,11-14,17-18H2,1-2H3. The molecule has 0 radical (unpaired) electrons. The maximum atomic E-state index is 13.2. The van der Waals surface area contributed by atoms with Gasteiger partial charge in [0.15, 0.2) is 5.65 Å². The number of hydrogen-bond donors (Lipinski definition) is 1. The summed E-state index contributed by atoms with van der Waals surface area (Å²) in [5.41, 5.74) is 3.54. The van der Waals surface area contributed by atoms with Crippen LogP contribution >= 0.6 is 11.6 Å². The third-order valence-electron chi connectivity index (χ3n) is 7.75. The Morgan fingerprint density at radius 2 is 1.72 bits per heavy atom. The van der Waals surface area contributed by atoms with E-state index in [0.29, 0.717) is 28.9 Å². The molecule has 0 bridgehead atoms. The topological polar surface area (TPSA) is 94.0 Å². The molecule has 4 heterocycles. The van der Waals surface area contributed by atoms with Gasteiger partial charge in [-0.25, -0.2) is 14.6 Å². The summed E-state index contributed by atoms with van der Waals surface area (Å²) in [5.74, 6) is 0.987. The molecular formula is C29H30ClN7O2. The fourth-order valence-electron chi connectivity index (χ4n) is 5.24. The Balaban J connectivity index is 1.11. The Kier molecular flexibility index (Phi) is 6.58. The van der Waals surface area contributed by atoms with E-state index in [1.807, 2.05) is 32.3 Å². The highest BCUT2D eigenvalue weighted by atomic mass is 35.5. The number of aryl methyl sites for hydroxylation is 1. The Labute approximate surface area is 230 Å². The highest BCUT2D eigenvalue weighted by Crippen LogP contribution is 2.26. The van der Waals surface area contributed by atoms with Crippen LogP contribution in [0.4, 0.5) is 0 Å². The first-order valence-electron chi connectivity index (χ1n) is 13.0. The van der Waals surface area contributed by atoms with Gasteiger partial charge in [-0.05, 0) is 55.2 Å². The van der Waals surface area contributed by atoms with Crippen LogP contribution in [0.15, 0.2) is 72.0 Å². The molecule has 10 heteroatoms. The maximum Gasteiger partial charge on any atom is 0.264 e. The van der Waals surface area contributed by atoms with E-state index in [4.69, 9.17) is 11.6 Å². The number of aliphatic hydroxyl groups is 1. The Hall–Kier alpha value is -3.79. The third-order valence-corrected chi connectivity index (χ3v) is 8.01. The van der Waals surface area contributed by atoms with Crippen molar-refractivity contribution >= 4 is 22.6 Å². The molecular weight excluding hydrogens is 514 g/mol. The van der Waals surface area contributed by atoms with Gasteiger partial charge in [-0.15, -0.1) is 0 Å². The van der Waals surface area contributed by atoms with Crippen molar-refractivity contribution in [3.63, 3.8) is 0 Å². The van der Waals surface area contributed by atoms with Crippen LogP contribution in [0.2, 0.25) is 5.02 Å². The van der Waals surface area contributed by atoms with Gasteiger partial charge < -0.3 is 9.67 Å². The van der Waals surface area contributed by atoms with Crippen molar-refractivity contribution in [1.29, 1.82) is 0 Å². The zero-order valence-electron chi connectivity index (χ0n) is 22.0. The number of aromatic nitrogens is 6. The van der Waals surface area contributed by atoms with Crippen LogP contribution in [0.25, 0.3) is 28.0 Å². The molecule has 2 aromatic carbocycles. The first kappa shape index (κ1) is 25.5. The van der Waals surface area contributed by atoms with Crippen LogP contribution in [0, 0.1) is 6.92 Å². The molecule has 0 spiro atoms. The van der Waals surface area contributed by atoms with E-state index in [2.05, 4.69) is 48.8 Å². The lowest BCUT2D eigenvalue weighted by atomic mass is 9.91. The summed E-state index contributed by atoms with van der Waals surface area (Å²) in [6, 6.07) is 15.8. The molecule has 9 nitrogen and oxygen atoms in total. The smallest absolute Gasteiger partial charge is 0.264 e. The first-order valence-corrected chi connectivity index (χ1v) is 13.4. The predicted octanol–water partition coefficient (Wildman–Crippen LogP) is 3.97. The normalized spacial score (nSPS) is 15.7. The van der Waals surface area contributed by atoms with Gasteiger partial charge in [-0.2, -0.15) is 5.10 Å². The monoisotopic (exact) mass is 543 g/mol. The van der Waals surface area contributed by atoms with Crippen LogP contribution < -0.4 is 5.56 Å². The second-order valence-corrected chi connectivity index (χ2v) is 10.8. The van der Waals surface area contributed by atoms with Gasteiger partial charge in [0.05, 0.1) is 35.9 Å². The summed E-state index contributed by atoms with van der Waals surface area (Å²) in [6.07, 6.45) is 6.10. The van der Waals surface area contributed by atoms with Gasteiger partial charge in [0.25, 0.3) is 5.56 Å². The quantitative estimate of drug-likeness (QED) is 0.348. The fourth-order valence-corrected chi connectivity index (χ4v) is 5.37. The number of fused-ring (bicyclic) bond motifs is 1. The highest BCUT2D eigenvalue weighted by molar-refractivity contribution is 6.30. The number of hydrogen-bond acceptors (Lipinski definition) is 6. The van der Waals surface area contributed by atoms with Crippen molar-refractivity contribution in [2.45, 2.75) is 38.5 Å². The average molecular weight is 544 g/mol. The van der Waals surface area contributed by atoms with Gasteiger partial charge >= 0.3 is 0 Å². The highest BCUT2D eigenvalue weighted by Gasteiger charge is 2.33. The average Bonchev–Trinajstić information content (AvgIpc) is 3.52. The van der Waals surface area contributed by atoms with E-state index in [9.17, 15) is 9.90 Å². The van der Waals surface area contributed by atoms with Gasteiger partial charge in [0, 0.05) is 31.7 Å². The largest absolute Gasteiger partial charge is 0.388 e. The Morgan fingerprint density at radius 3 is 2.38 bits per heavy atom. The van der Waals surface area contributed by atoms with Crippen molar-refractivity contribution in [2.75, 3.05) is 13.1 Å². The Bertz CT molecular complexity index is 1680. The molecule has 0 saturated carbocycles. The molecule has 0 aliphatic carbocycles. The summed E-state index contributed by atoms with van der Waals surface area (Å²) in [7, 11) is 2.02. The van der Waals surface area contributed by atoms with Crippen molar-refractivity contribution in [1.82, 2.24) is 33.8 Å². The Morgan fingerprint density at radius 1 is 1.00 bits per heavy atom. The number of piperidine rings is 1. The lowest BCUT2D eigenvalue weighted by Crippen LogP contribution is -2.47. The number of halogens is 1. The zero-order chi connectivity index (χ0) is 27.1. The molecule has 1 fully saturated rings. The van der Waals surface area contributed by atoms with Crippen molar-refractivity contribution < 1.29 is 5.11 Å². The second-order valence-electron chi connectivity index (χ2n) is 10.4. The molecule has 1 N–H and O–H groups in total. The summed E-state index contributed by atoms with van der Waals surface area (Å²) in [4.78, 5) is 24.5. The van der Waals surface area contributed by atoms with E-state index in [1.54, 1.807) is 16.8 Å². The lowest BCUT2D eigenvalue weighted by molar-refractivity contribution is -0.0364. The van der Waals surface area contributed by atoms with E-state index in [1.165, 1.54) is 22.7 Å². The van der Waals surface area contributed by atoms with Crippen molar-refractivity contribution in [3.8, 4) is 16.9 Å². The predicted molar refractivity (Wildman–Crippen MR) is 151 cm³/mol. The van der Waals surface area contributed by atoms with Crippen LogP contribution in [0.1, 0.15) is 24.2 Å². The molecule has 5 aromatic rings. The summed E-state index contributed by atoms with van der Waals surface area (Å²) in [5, 5.41) is 16.8. The molecule has 3 aromatic heterocycles. The van der Waals surface area contributed by atoms with Crippen LogP contribution in [0.3, 0.4) is 0 Å².